The predicted octanol–water partition coefficient (Wildman–Crippen LogP) is 6.91. The Balaban J connectivity index is 2.00. The molecule has 0 N–H and O–H groups in total. The zero-order valence-corrected chi connectivity index (χ0v) is 18.8. The molecule has 166 valence electrons. The van der Waals surface area contributed by atoms with Gasteiger partial charge in [0, 0.05) is 63.8 Å². The van der Waals surface area contributed by atoms with E-state index in [0.29, 0.717) is 16.1 Å². The second kappa shape index (κ2) is 9.21. The maximum atomic E-state index is 15.9. The first-order chi connectivity index (χ1) is 16.5. The molecule has 5 aromatic heterocycles. The van der Waals surface area contributed by atoms with E-state index in [2.05, 4.69) is 24.9 Å². The molecule has 0 fully saturated rings. The summed E-state index contributed by atoms with van der Waals surface area (Å²) in [5.41, 5.74) is 1.63. The molecule has 0 saturated heterocycles. The van der Waals surface area contributed by atoms with E-state index >= 15 is 8.78 Å². The number of rotatable bonds is 4. The van der Waals surface area contributed by atoms with Crippen molar-refractivity contribution in [2.24, 2.45) is 0 Å². The van der Waals surface area contributed by atoms with Crippen molar-refractivity contribution in [1.82, 2.24) is 24.9 Å². The lowest BCUT2D eigenvalue weighted by molar-refractivity contribution is 0.589. The van der Waals surface area contributed by atoms with Crippen LogP contribution < -0.4 is 0 Å². The molecule has 0 amide bonds. The van der Waals surface area contributed by atoms with E-state index in [1.165, 1.54) is 36.8 Å². The lowest BCUT2D eigenvalue weighted by Gasteiger charge is -2.19. The molecule has 5 nitrogen and oxygen atoms in total. The summed E-state index contributed by atoms with van der Waals surface area (Å²) in [6.45, 7) is 0. The fraction of sp³-hybridized carbons (Fsp3) is 0. The highest BCUT2D eigenvalue weighted by molar-refractivity contribution is 6.32. The molecule has 5 heterocycles. The molecule has 0 spiro atoms. The second-order valence-electron chi connectivity index (χ2n) is 7.15. The normalized spacial score (nSPS) is 10.9. The van der Waals surface area contributed by atoms with Gasteiger partial charge in [0.25, 0.3) is 0 Å². The van der Waals surface area contributed by atoms with Gasteiger partial charge in [-0.15, -0.1) is 0 Å². The number of halogens is 4. The number of hydrogen-bond acceptors (Lipinski definition) is 5. The van der Waals surface area contributed by atoms with Crippen LogP contribution in [0.25, 0.3) is 44.9 Å². The zero-order valence-electron chi connectivity index (χ0n) is 17.3. The standard InChI is InChI=1S/C25H13Cl2F2N5/c26-15-7-11-31-18(12-15)23-21(22-17(28)6-3-9-32-22)19(14-4-1-8-30-13-14)20(25(29)34-23)16-5-2-10-33-24(16)27/h1-13H. The lowest BCUT2D eigenvalue weighted by atomic mass is 9.89. The molecule has 5 rings (SSSR count). The maximum absolute atomic E-state index is 15.9. The van der Waals surface area contributed by atoms with Gasteiger partial charge in [0.15, 0.2) is 0 Å². The Hall–Kier alpha value is -3.81. The number of nitrogens with zero attached hydrogens (tertiary/aromatic N) is 5. The first kappa shape index (κ1) is 22.0. The lowest BCUT2D eigenvalue weighted by Crippen LogP contribution is -2.05. The minimum Gasteiger partial charge on any atom is -0.264 e. The molecule has 0 aliphatic rings. The zero-order chi connectivity index (χ0) is 23.7. The van der Waals surface area contributed by atoms with Gasteiger partial charge in [-0.2, -0.15) is 4.39 Å². The largest absolute Gasteiger partial charge is 0.264 e. The molecule has 9 heteroatoms. The summed E-state index contributed by atoms with van der Waals surface area (Å²) < 4.78 is 31.0. The van der Waals surface area contributed by atoms with Crippen LogP contribution in [0.5, 0.6) is 0 Å². The van der Waals surface area contributed by atoms with Crippen LogP contribution >= 0.6 is 23.2 Å². The van der Waals surface area contributed by atoms with E-state index in [1.54, 1.807) is 42.7 Å². The Morgan fingerprint density at radius 2 is 1.50 bits per heavy atom. The molecule has 0 aromatic carbocycles. The van der Waals surface area contributed by atoms with Gasteiger partial charge in [-0.05, 0) is 42.5 Å². The Kier molecular flexibility index (Phi) is 5.96. The quantitative estimate of drug-likeness (QED) is 0.255. The van der Waals surface area contributed by atoms with Crippen molar-refractivity contribution in [2.75, 3.05) is 0 Å². The number of aromatic nitrogens is 5. The molecular formula is C25H13Cl2F2N5. The van der Waals surface area contributed by atoms with Crippen LogP contribution in [-0.2, 0) is 0 Å². The Morgan fingerprint density at radius 3 is 2.24 bits per heavy atom. The van der Waals surface area contributed by atoms with Gasteiger partial charge in [-0.3, -0.25) is 15.0 Å². The average Bonchev–Trinajstić information content (AvgIpc) is 2.85. The van der Waals surface area contributed by atoms with Crippen molar-refractivity contribution >= 4 is 23.2 Å². The van der Waals surface area contributed by atoms with Gasteiger partial charge < -0.3 is 0 Å². The summed E-state index contributed by atoms with van der Waals surface area (Å²) in [7, 11) is 0. The van der Waals surface area contributed by atoms with Crippen molar-refractivity contribution in [3.8, 4) is 44.9 Å². The van der Waals surface area contributed by atoms with Crippen LogP contribution in [0.4, 0.5) is 8.78 Å². The van der Waals surface area contributed by atoms with E-state index in [0.717, 1.165) is 0 Å². The van der Waals surface area contributed by atoms with Crippen molar-refractivity contribution in [3.05, 3.63) is 101 Å². The topological polar surface area (TPSA) is 64.5 Å². The summed E-state index contributed by atoms with van der Waals surface area (Å²) in [4.78, 5) is 21.0. The first-order valence-electron chi connectivity index (χ1n) is 10.0. The van der Waals surface area contributed by atoms with Crippen LogP contribution in [0.3, 0.4) is 0 Å². The van der Waals surface area contributed by atoms with Gasteiger partial charge in [0.05, 0.1) is 5.69 Å². The van der Waals surface area contributed by atoms with Crippen molar-refractivity contribution < 1.29 is 8.78 Å². The van der Waals surface area contributed by atoms with Crippen molar-refractivity contribution in [2.45, 2.75) is 0 Å². The highest BCUT2D eigenvalue weighted by Crippen LogP contribution is 2.46. The van der Waals surface area contributed by atoms with Crippen LogP contribution in [0.1, 0.15) is 0 Å². The SMILES string of the molecule is Fc1cccnc1-c1c(-c2cc(Cl)ccn2)nc(F)c(-c2cccnc2Cl)c1-c1cccnc1. The number of pyridine rings is 5. The summed E-state index contributed by atoms with van der Waals surface area (Å²) in [6.07, 6.45) is 7.52. The predicted molar refractivity (Wildman–Crippen MR) is 127 cm³/mol. The third-order valence-electron chi connectivity index (χ3n) is 5.09. The molecule has 0 aliphatic carbocycles. The minimum absolute atomic E-state index is 0.0353. The van der Waals surface area contributed by atoms with E-state index < -0.39 is 11.8 Å². The van der Waals surface area contributed by atoms with E-state index in [4.69, 9.17) is 23.2 Å². The Bertz CT molecular complexity index is 1510. The number of hydrogen-bond donors (Lipinski definition) is 0. The summed E-state index contributed by atoms with van der Waals surface area (Å²) in [6, 6.07) is 12.5. The fourth-order valence-electron chi connectivity index (χ4n) is 3.69. The molecule has 0 atom stereocenters. The van der Waals surface area contributed by atoms with Crippen LogP contribution in [-0.4, -0.2) is 24.9 Å². The van der Waals surface area contributed by atoms with Crippen LogP contribution in [0.15, 0.2) is 79.5 Å². The van der Waals surface area contributed by atoms with Gasteiger partial charge in [-0.1, -0.05) is 29.3 Å². The molecule has 34 heavy (non-hydrogen) atoms. The molecule has 5 aromatic rings. The summed E-state index contributed by atoms with van der Waals surface area (Å²) in [5, 5.41) is 0.427. The van der Waals surface area contributed by atoms with Crippen molar-refractivity contribution in [1.29, 1.82) is 0 Å². The molecule has 0 saturated carbocycles. The minimum atomic E-state index is -0.842. The van der Waals surface area contributed by atoms with Crippen LogP contribution in [0.2, 0.25) is 10.2 Å². The fourth-order valence-corrected chi connectivity index (χ4v) is 4.07. The highest BCUT2D eigenvalue weighted by atomic mass is 35.5. The van der Waals surface area contributed by atoms with Crippen molar-refractivity contribution in [3.63, 3.8) is 0 Å². The third-order valence-corrected chi connectivity index (χ3v) is 5.63. The van der Waals surface area contributed by atoms with Gasteiger partial charge >= 0.3 is 0 Å². The molecule has 0 unspecified atom stereocenters. The van der Waals surface area contributed by atoms with E-state index in [-0.39, 0.29) is 38.9 Å². The van der Waals surface area contributed by atoms with E-state index in [9.17, 15) is 0 Å². The Labute approximate surface area is 203 Å². The monoisotopic (exact) mass is 491 g/mol. The smallest absolute Gasteiger partial charge is 0.222 e. The van der Waals surface area contributed by atoms with Crippen LogP contribution in [0, 0.1) is 11.8 Å². The summed E-state index contributed by atoms with van der Waals surface area (Å²) in [5.74, 6) is -1.46. The van der Waals surface area contributed by atoms with Gasteiger partial charge in [0.2, 0.25) is 5.95 Å². The highest BCUT2D eigenvalue weighted by Gasteiger charge is 2.28. The van der Waals surface area contributed by atoms with Gasteiger partial charge in [0.1, 0.15) is 22.4 Å². The van der Waals surface area contributed by atoms with Gasteiger partial charge in [-0.25, -0.2) is 14.4 Å². The maximum Gasteiger partial charge on any atom is 0.222 e. The average molecular weight is 492 g/mol. The summed E-state index contributed by atoms with van der Waals surface area (Å²) >= 11 is 12.5. The Morgan fingerprint density at radius 1 is 0.706 bits per heavy atom. The second-order valence-corrected chi connectivity index (χ2v) is 7.95. The third kappa shape index (κ3) is 4.00. The molecular weight excluding hydrogens is 479 g/mol. The molecule has 0 radical (unpaired) electrons. The molecule has 0 aliphatic heterocycles. The molecule has 0 bridgehead atoms. The van der Waals surface area contributed by atoms with E-state index in [1.807, 2.05) is 0 Å². The first-order valence-corrected chi connectivity index (χ1v) is 10.8.